The molecule has 1 saturated heterocycles. The van der Waals surface area contributed by atoms with Gasteiger partial charge in [-0.3, -0.25) is 9.59 Å². The van der Waals surface area contributed by atoms with Crippen LogP contribution in [0.25, 0.3) is 10.8 Å². The Kier molecular flexibility index (Phi) is 7.58. The summed E-state index contributed by atoms with van der Waals surface area (Å²) in [6.45, 7) is 0.555. The summed E-state index contributed by atoms with van der Waals surface area (Å²) < 4.78 is 28.7. The van der Waals surface area contributed by atoms with Gasteiger partial charge in [-0.05, 0) is 49.3 Å². The van der Waals surface area contributed by atoms with Crippen LogP contribution >= 0.6 is 0 Å². The van der Waals surface area contributed by atoms with Crippen LogP contribution in [0, 0.1) is 5.92 Å². The number of rotatable bonds is 6. The Labute approximate surface area is 218 Å². The van der Waals surface area contributed by atoms with Crippen molar-refractivity contribution in [3.8, 4) is 0 Å². The van der Waals surface area contributed by atoms with Gasteiger partial charge in [0.15, 0.2) is 0 Å². The van der Waals surface area contributed by atoms with Crippen LogP contribution in [0.4, 0.5) is 0 Å². The molecule has 0 radical (unpaired) electrons. The van der Waals surface area contributed by atoms with Crippen LogP contribution in [0.5, 0.6) is 0 Å². The van der Waals surface area contributed by atoms with Crippen LogP contribution in [0.1, 0.15) is 48.9 Å². The van der Waals surface area contributed by atoms with E-state index in [1.165, 1.54) is 4.31 Å². The van der Waals surface area contributed by atoms with E-state index in [0.29, 0.717) is 30.3 Å². The number of sulfonamides is 1. The van der Waals surface area contributed by atoms with Crippen molar-refractivity contribution < 1.29 is 18.0 Å². The number of carbonyl (C=O) groups excluding carboxylic acids is 2. The second-order valence-corrected chi connectivity index (χ2v) is 11.9. The van der Waals surface area contributed by atoms with Crippen molar-refractivity contribution in [1.29, 1.82) is 0 Å². The first-order chi connectivity index (χ1) is 17.9. The molecule has 0 bridgehead atoms. The summed E-state index contributed by atoms with van der Waals surface area (Å²) in [5, 5.41) is 7.83. The van der Waals surface area contributed by atoms with E-state index in [9.17, 15) is 18.0 Å². The highest BCUT2D eigenvalue weighted by Gasteiger charge is 2.36. The molecule has 2 N–H and O–H groups in total. The van der Waals surface area contributed by atoms with Crippen LogP contribution in [0.3, 0.4) is 0 Å². The second kappa shape index (κ2) is 11.0. The second-order valence-electron chi connectivity index (χ2n) is 10.0. The lowest BCUT2D eigenvalue weighted by Gasteiger charge is -2.36. The zero-order valence-corrected chi connectivity index (χ0v) is 21.6. The molecule has 1 saturated carbocycles. The lowest BCUT2D eigenvalue weighted by molar-refractivity contribution is -0.127. The quantitative estimate of drug-likeness (QED) is 0.513. The van der Waals surface area contributed by atoms with Crippen molar-refractivity contribution in [2.75, 3.05) is 13.1 Å². The molecule has 2 aliphatic rings. The summed E-state index contributed by atoms with van der Waals surface area (Å²) >= 11 is 0. The molecule has 3 aromatic rings. The SMILES string of the molecule is O=C(N[C@@H]1CCCC[C@H]1NC(=O)C1CCCN(S(=O)(=O)c2cccc3ccccc23)C1)c1ccccc1. The highest BCUT2D eigenvalue weighted by molar-refractivity contribution is 7.89. The van der Waals surface area contributed by atoms with Gasteiger partial charge in [0.05, 0.1) is 10.8 Å². The van der Waals surface area contributed by atoms with E-state index >= 15 is 0 Å². The van der Waals surface area contributed by atoms with Crippen LogP contribution in [-0.4, -0.2) is 49.7 Å². The molecule has 3 atom stereocenters. The molecule has 1 aliphatic heterocycles. The van der Waals surface area contributed by atoms with Gasteiger partial charge in [0.2, 0.25) is 15.9 Å². The van der Waals surface area contributed by atoms with E-state index < -0.39 is 15.9 Å². The van der Waals surface area contributed by atoms with Crippen molar-refractivity contribution in [3.63, 3.8) is 0 Å². The molecule has 3 aromatic carbocycles. The minimum atomic E-state index is -3.75. The molecular formula is C29H33N3O4S. The van der Waals surface area contributed by atoms with Crippen molar-refractivity contribution in [1.82, 2.24) is 14.9 Å². The summed E-state index contributed by atoms with van der Waals surface area (Å²) in [4.78, 5) is 26.4. The summed E-state index contributed by atoms with van der Waals surface area (Å²) in [6.07, 6.45) is 4.83. The number of carbonyl (C=O) groups is 2. The Bertz CT molecular complexity index is 1370. The molecule has 2 amide bonds. The van der Waals surface area contributed by atoms with E-state index in [1.54, 1.807) is 24.3 Å². The van der Waals surface area contributed by atoms with Gasteiger partial charge in [0.1, 0.15) is 0 Å². The fraction of sp³-hybridized carbons (Fsp3) is 0.379. The first-order valence-corrected chi connectivity index (χ1v) is 14.5. The van der Waals surface area contributed by atoms with Gasteiger partial charge in [-0.15, -0.1) is 0 Å². The molecule has 0 spiro atoms. The Balaban J connectivity index is 1.27. The molecule has 7 nitrogen and oxygen atoms in total. The van der Waals surface area contributed by atoms with Crippen LogP contribution in [0.2, 0.25) is 0 Å². The number of nitrogens with one attached hydrogen (secondary N) is 2. The van der Waals surface area contributed by atoms with E-state index in [1.807, 2.05) is 48.5 Å². The van der Waals surface area contributed by atoms with E-state index in [-0.39, 0.29) is 35.3 Å². The van der Waals surface area contributed by atoms with Gasteiger partial charge < -0.3 is 10.6 Å². The molecule has 8 heteroatoms. The average molecular weight is 520 g/mol. The third kappa shape index (κ3) is 5.55. The fourth-order valence-electron chi connectivity index (χ4n) is 5.55. The summed E-state index contributed by atoms with van der Waals surface area (Å²) in [5.41, 5.74) is 0.597. The predicted molar refractivity (Wildman–Crippen MR) is 144 cm³/mol. The largest absolute Gasteiger partial charge is 0.351 e. The van der Waals surface area contributed by atoms with Gasteiger partial charge in [-0.25, -0.2) is 8.42 Å². The third-order valence-electron chi connectivity index (χ3n) is 7.57. The maximum Gasteiger partial charge on any atom is 0.251 e. The first-order valence-electron chi connectivity index (χ1n) is 13.1. The standard InChI is InChI=1S/C29H33N3O4S/c33-28(22-11-2-1-3-12-22)30-25-16-6-7-17-26(25)31-29(34)23-14-9-19-32(20-23)37(35,36)27-18-8-13-21-10-4-5-15-24(21)27/h1-5,8,10-13,15,18,23,25-26H,6-7,9,14,16-17,19-20H2,(H,30,33)(H,31,34)/t23?,25-,26-/m1/s1. The number of amides is 2. The van der Waals surface area contributed by atoms with Crippen molar-refractivity contribution in [2.24, 2.45) is 5.92 Å². The molecule has 1 aliphatic carbocycles. The van der Waals surface area contributed by atoms with Crippen LogP contribution in [0.15, 0.2) is 77.7 Å². The number of nitrogens with zero attached hydrogens (tertiary/aromatic N) is 1. The maximum atomic E-state index is 13.6. The van der Waals surface area contributed by atoms with Gasteiger partial charge in [-0.2, -0.15) is 4.31 Å². The number of fused-ring (bicyclic) bond motifs is 1. The van der Waals surface area contributed by atoms with Gasteiger partial charge in [0, 0.05) is 36.1 Å². The molecule has 1 unspecified atom stereocenters. The molecule has 2 fully saturated rings. The van der Waals surface area contributed by atoms with E-state index in [2.05, 4.69) is 10.6 Å². The molecule has 194 valence electrons. The third-order valence-corrected chi connectivity index (χ3v) is 9.49. The monoisotopic (exact) mass is 519 g/mol. The highest BCUT2D eigenvalue weighted by atomic mass is 32.2. The van der Waals surface area contributed by atoms with Crippen molar-refractivity contribution in [2.45, 2.75) is 55.5 Å². The zero-order valence-electron chi connectivity index (χ0n) is 20.8. The maximum absolute atomic E-state index is 13.6. The van der Waals surface area contributed by atoms with Crippen molar-refractivity contribution in [3.05, 3.63) is 78.4 Å². The Hall–Kier alpha value is -3.23. The smallest absolute Gasteiger partial charge is 0.251 e. The van der Waals surface area contributed by atoms with Gasteiger partial charge in [-0.1, -0.05) is 67.4 Å². The summed E-state index contributed by atoms with van der Waals surface area (Å²) in [6, 6.07) is 21.5. The fourth-order valence-corrected chi connectivity index (χ4v) is 7.29. The molecule has 1 heterocycles. The topological polar surface area (TPSA) is 95.6 Å². The molecule has 0 aromatic heterocycles. The van der Waals surface area contributed by atoms with Crippen LogP contribution in [-0.2, 0) is 14.8 Å². The predicted octanol–water partition coefficient (Wildman–Crippen LogP) is 4.10. The lowest BCUT2D eigenvalue weighted by atomic mass is 9.89. The average Bonchev–Trinajstić information content (AvgIpc) is 2.94. The number of benzene rings is 3. The molecular weight excluding hydrogens is 486 g/mol. The number of hydrogen-bond donors (Lipinski definition) is 2. The van der Waals surface area contributed by atoms with Crippen LogP contribution < -0.4 is 10.6 Å². The normalized spacial score (nSPS) is 22.9. The van der Waals surface area contributed by atoms with Gasteiger partial charge in [0.25, 0.3) is 5.91 Å². The minimum absolute atomic E-state index is 0.135. The Morgan fingerprint density at radius 1 is 0.757 bits per heavy atom. The molecule has 37 heavy (non-hydrogen) atoms. The lowest BCUT2D eigenvalue weighted by Crippen LogP contribution is -2.55. The van der Waals surface area contributed by atoms with Crippen molar-refractivity contribution >= 4 is 32.6 Å². The number of piperidine rings is 1. The summed E-state index contributed by atoms with van der Waals surface area (Å²) in [5.74, 6) is -0.702. The zero-order chi connectivity index (χ0) is 25.8. The first kappa shape index (κ1) is 25.4. The Morgan fingerprint density at radius 3 is 2.22 bits per heavy atom. The molecule has 5 rings (SSSR count). The number of hydrogen-bond acceptors (Lipinski definition) is 4. The highest BCUT2D eigenvalue weighted by Crippen LogP contribution is 2.29. The van der Waals surface area contributed by atoms with E-state index in [0.717, 1.165) is 31.1 Å². The van der Waals surface area contributed by atoms with E-state index in [4.69, 9.17) is 0 Å². The minimum Gasteiger partial charge on any atom is -0.351 e. The Morgan fingerprint density at radius 2 is 1.43 bits per heavy atom. The van der Waals surface area contributed by atoms with Gasteiger partial charge >= 0.3 is 0 Å². The summed E-state index contributed by atoms with van der Waals surface area (Å²) in [7, 11) is -3.75.